The molecule has 1 aliphatic rings. The summed E-state index contributed by atoms with van der Waals surface area (Å²) in [6.07, 6.45) is 0. The lowest BCUT2D eigenvalue weighted by atomic mass is 10.4. The van der Waals surface area contributed by atoms with Gasteiger partial charge in [0.05, 0.1) is 5.02 Å². The predicted molar refractivity (Wildman–Crippen MR) is 74.6 cm³/mol. The summed E-state index contributed by atoms with van der Waals surface area (Å²) in [5.41, 5.74) is 0. The van der Waals surface area contributed by atoms with Crippen LogP contribution >= 0.6 is 46.5 Å². The minimum absolute atomic E-state index is 0.791. The molecular formula is C10H14ClNS3. The molecule has 84 valence electrons. The van der Waals surface area contributed by atoms with Gasteiger partial charge < -0.3 is 5.32 Å². The zero-order chi connectivity index (χ0) is 10.5. The van der Waals surface area contributed by atoms with Crippen molar-refractivity contribution in [3.05, 3.63) is 21.3 Å². The predicted octanol–water partition coefficient (Wildman–Crippen LogP) is 3.34. The molecule has 0 bridgehead atoms. The van der Waals surface area contributed by atoms with E-state index in [1.807, 2.05) is 11.4 Å². The second-order valence-corrected chi connectivity index (χ2v) is 7.42. The second kappa shape index (κ2) is 6.40. The summed E-state index contributed by atoms with van der Waals surface area (Å²) in [4.78, 5) is 1.33. The van der Waals surface area contributed by atoms with Crippen LogP contribution in [-0.2, 0) is 6.54 Å². The van der Waals surface area contributed by atoms with Gasteiger partial charge in [0.25, 0.3) is 0 Å². The van der Waals surface area contributed by atoms with E-state index in [1.165, 1.54) is 22.1 Å². The highest BCUT2D eigenvalue weighted by Crippen LogP contribution is 2.23. The van der Waals surface area contributed by atoms with Gasteiger partial charge in [-0.15, -0.1) is 11.3 Å². The maximum absolute atomic E-state index is 5.86. The van der Waals surface area contributed by atoms with Gasteiger partial charge in [0.2, 0.25) is 0 Å². The van der Waals surface area contributed by atoms with Gasteiger partial charge in [0.15, 0.2) is 0 Å². The van der Waals surface area contributed by atoms with Crippen molar-refractivity contribution < 1.29 is 0 Å². The monoisotopic (exact) mass is 279 g/mol. The molecule has 1 fully saturated rings. The Bertz CT molecular complexity index is 297. The van der Waals surface area contributed by atoms with Crippen LogP contribution in [0.25, 0.3) is 0 Å². The van der Waals surface area contributed by atoms with Crippen molar-refractivity contribution in [3.8, 4) is 0 Å². The van der Waals surface area contributed by atoms with Gasteiger partial charge >= 0.3 is 0 Å². The van der Waals surface area contributed by atoms with Crippen molar-refractivity contribution in [2.45, 2.75) is 11.8 Å². The summed E-state index contributed by atoms with van der Waals surface area (Å²) >= 11 is 11.8. The molecule has 15 heavy (non-hydrogen) atoms. The fourth-order valence-electron chi connectivity index (χ4n) is 1.46. The molecule has 1 aliphatic heterocycles. The molecule has 1 aromatic rings. The molecule has 0 aliphatic carbocycles. The normalized spacial score (nSPS) is 21.8. The Morgan fingerprint density at radius 3 is 3.07 bits per heavy atom. The summed E-state index contributed by atoms with van der Waals surface area (Å²) in [5, 5.41) is 7.14. The summed E-state index contributed by atoms with van der Waals surface area (Å²) in [7, 11) is 0. The van der Waals surface area contributed by atoms with Crippen LogP contribution < -0.4 is 5.32 Å². The Labute approximate surface area is 108 Å². The van der Waals surface area contributed by atoms with Crippen LogP contribution in [-0.4, -0.2) is 29.1 Å². The minimum atomic E-state index is 0.791. The zero-order valence-electron chi connectivity index (χ0n) is 8.37. The third-order valence-corrected chi connectivity index (χ3v) is 6.31. The van der Waals surface area contributed by atoms with Gasteiger partial charge in [0.1, 0.15) is 0 Å². The first-order chi connectivity index (χ1) is 7.34. The van der Waals surface area contributed by atoms with Crippen LogP contribution in [0.4, 0.5) is 0 Å². The van der Waals surface area contributed by atoms with Crippen molar-refractivity contribution in [2.75, 3.05) is 23.8 Å². The van der Waals surface area contributed by atoms with E-state index >= 15 is 0 Å². The average Bonchev–Trinajstić information content (AvgIpc) is 2.66. The molecule has 2 heterocycles. The van der Waals surface area contributed by atoms with E-state index in [0.29, 0.717) is 0 Å². The number of hydrogen-bond acceptors (Lipinski definition) is 4. The number of thiophene rings is 1. The maximum atomic E-state index is 5.86. The van der Waals surface area contributed by atoms with E-state index in [9.17, 15) is 0 Å². The highest BCUT2D eigenvalue weighted by atomic mass is 35.5. The smallest absolute Gasteiger partial charge is 0.0516 e. The summed E-state index contributed by atoms with van der Waals surface area (Å²) in [6, 6.07) is 2.04. The molecule has 0 radical (unpaired) electrons. The van der Waals surface area contributed by atoms with E-state index < -0.39 is 0 Å². The van der Waals surface area contributed by atoms with Crippen LogP contribution in [0, 0.1) is 0 Å². The number of thioether (sulfide) groups is 2. The molecular weight excluding hydrogens is 266 g/mol. The second-order valence-electron chi connectivity index (χ2n) is 3.43. The molecule has 5 heteroatoms. The van der Waals surface area contributed by atoms with Gasteiger partial charge in [-0.1, -0.05) is 11.6 Å². The van der Waals surface area contributed by atoms with Crippen LogP contribution in [0.3, 0.4) is 0 Å². The first kappa shape index (κ1) is 12.1. The Morgan fingerprint density at radius 2 is 2.40 bits per heavy atom. The molecule has 0 spiro atoms. The van der Waals surface area contributed by atoms with Crippen molar-refractivity contribution in [1.82, 2.24) is 5.32 Å². The summed E-state index contributed by atoms with van der Waals surface area (Å²) in [5.74, 6) is 3.92. The number of halogens is 1. The lowest BCUT2D eigenvalue weighted by molar-refractivity contribution is 0.693. The molecule has 1 aromatic heterocycles. The Kier molecular flexibility index (Phi) is 5.17. The van der Waals surface area contributed by atoms with Gasteiger partial charge in [-0.05, 0) is 6.07 Å². The molecule has 2 rings (SSSR count). The molecule has 1 unspecified atom stereocenters. The third kappa shape index (κ3) is 4.19. The van der Waals surface area contributed by atoms with Crippen LogP contribution in [0.1, 0.15) is 4.88 Å². The molecule has 1 atom stereocenters. The van der Waals surface area contributed by atoms with E-state index in [0.717, 1.165) is 23.4 Å². The SMILES string of the molecule is Clc1csc(CNCC2CSCCS2)c1. The first-order valence-electron chi connectivity index (χ1n) is 4.97. The van der Waals surface area contributed by atoms with Gasteiger partial charge in [-0.2, -0.15) is 23.5 Å². The molecule has 1 N–H and O–H groups in total. The Balaban J connectivity index is 1.65. The summed E-state index contributed by atoms with van der Waals surface area (Å²) < 4.78 is 0. The van der Waals surface area contributed by atoms with E-state index in [-0.39, 0.29) is 0 Å². The van der Waals surface area contributed by atoms with Crippen LogP contribution in [0.2, 0.25) is 5.02 Å². The standard InChI is InChI=1S/C10H14ClNS3/c11-8-3-9(15-6-8)4-12-5-10-7-13-1-2-14-10/h3,6,10,12H,1-2,4-5,7H2. The highest BCUT2D eigenvalue weighted by Gasteiger charge is 2.13. The van der Waals surface area contributed by atoms with Crippen molar-refractivity contribution >= 4 is 46.5 Å². The van der Waals surface area contributed by atoms with Crippen LogP contribution in [0.5, 0.6) is 0 Å². The molecule has 0 saturated carbocycles. The number of nitrogens with one attached hydrogen (secondary N) is 1. The molecule has 0 amide bonds. The fourth-order valence-corrected chi connectivity index (χ4v) is 5.15. The highest BCUT2D eigenvalue weighted by molar-refractivity contribution is 8.06. The van der Waals surface area contributed by atoms with E-state index in [4.69, 9.17) is 11.6 Å². The Hall–Kier alpha value is 0.650. The van der Waals surface area contributed by atoms with Gasteiger partial charge in [-0.3, -0.25) is 0 Å². The van der Waals surface area contributed by atoms with E-state index in [2.05, 4.69) is 28.8 Å². The largest absolute Gasteiger partial charge is 0.311 e. The molecule has 1 saturated heterocycles. The number of rotatable bonds is 4. The molecule has 0 aromatic carbocycles. The third-order valence-electron chi connectivity index (χ3n) is 2.18. The van der Waals surface area contributed by atoms with Crippen molar-refractivity contribution in [2.24, 2.45) is 0 Å². The topological polar surface area (TPSA) is 12.0 Å². The lowest BCUT2D eigenvalue weighted by Gasteiger charge is -2.20. The Morgan fingerprint density at radius 1 is 1.47 bits per heavy atom. The molecule has 1 nitrogen and oxygen atoms in total. The average molecular weight is 280 g/mol. The first-order valence-corrected chi connectivity index (χ1v) is 8.43. The van der Waals surface area contributed by atoms with E-state index in [1.54, 1.807) is 11.3 Å². The minimum Gasteiger partial charge on any atom is -0.311 e. The van der Waals surface area contributed by atoms with Gasteiger partial charge in [-0.25, -0.2) is 0 Å². The summed E-state index contributed by atoms with van der Waals surface area (Å²) in [6.45, 7) is 2.08. The zero-order valence-corrected chi connectivity index (χ0v) is 11.6. The number of hydrogen-bond donors (Lipinski definition) is 1. The lowest BCUT2D eigenvalue weighted by Crippen LogP contribution is -2.28. The van der Waals surface area contributed by atoms with Crippen molar-refractivity contribution in [1.29, 1.82) is 0 Å². The van der Waals surface area contributed by atoms with Gasteiger partial charge in [0, 0.05) is 45.9 Å². The van der Waals surface area contributed by atoms with Crippen LogP contribution in [0.15, 0.2) is 11.4 Å². The van der Waals surface area contributed by atoms with Crippen molar-refractivity contribution in [3.63, 3.8) is 0 Å². The maximum Gasteiger partial charge on any atom is 0.0516 e. The quantitative estimate of drug-likeness (QED) is 0.908. The fraction of sp³-hybridized carbons (Fsp3) is 0.600.